The van der Waals surface area contributed by atoms with Crippen LogP contribution in [-0.2, 0) is 10.8 Å². The van der Waals surface area contributed by atoms with E-state index in [1.54, 1.807) is 0 Å². The van der Waals surface area contributed by atoms with Crippen LogP contribution in [0.2, 0.25) is 0 Å². The molecule has 1 nitrogen and oxygen atoms in total. The molecule has 0 aliphatic heterocycles. The molecule has 5 atom stereocenters. The van der Waals surface area contributed by atoms with E-state index in [-0.39, 0.29) is 10.8 Å². The molecule has 0 N–H and O–H groups in total. The summed E-state index contributed by atoms with van der Waals surface area (Å²) in [5.74, 6) is 10.2. The van der Waals surface area contributed by atoms with Gasteiger partial charge in [-0.15, -0.1) is 0 Å². The minimum absolute atomic E-state index is 0.175. The molecule has 32 heavy (non-hydrogen) atoms. The first-order valence-corrected chi connectivity index (χ1v) is 12.5. The summed E-state index contributed by atoms with van der Waals surface area (Å²) in [6.07, 6.45) is 7.72. The van der Waals surface area contributed by atoms with Crippen LogP contribution in [-0.4, -0.2) is 6.29 Å². The van der Waals surface area contributed by atoms with Gasteiger partial charge in [0.25, 0.3) is 0 Å². The van der Waals surface area contributed by atoms with Crippen LogP contribution >= 0.6 is 0 Å². The number of carbonyl (C=O) groups excluding carboxylic acids is 1. The summed E-state index contributed by atoms with van der Waals surface area (Å²) < 4.78 is 0. The standard InChI is InChI=1S/C31H32O/c1-29(2)17-30(3,4)27-9-18(6-8-25(27)29)5-7-19-11-24-23(12-22(19)16-32)20-10-21-14-31(15-28(24)31)26(21)13-20/h6,8-9,11-12,16,20-21,26,28H,10,13-15,17H2,1-4H3. The third-order valence-corrected chi connectivity index (χ3v) is 10.1. The Morgan fingerprint density at radius 1 is 0.906 bits per heavy atom. The Kier molecular flexibility index (Phi) is 3.46. The van der Waals surface area contributed by atoms with Gasteiger partial charge in [0, 0.05) is 16.7 Å². The van der Waals surface area contributed by atoms with Gasteiger partial charge in [0.05, 0.1) is 0 Å². The fraction of sp³-hybridized carbons (Fsp3) is 0.516. The molecule has 3 saturated carbocycles. The largest absolute Gasteiger partial charge is 0.298 e. The van der Waals surface area contributed by atoms with Gasteiger partial charge < -0.3 is 0 Å². The normalized spacial score (nSPS) is 35.4. The Labute approximate surface area is 192 Å². The van der Waals surface area contributed by atoms with E-state index in [0.29, 0.717) is 11.3 Å². The van der Waals surface area contributed by atoms with E-state index in [0.717, 1.165) is 40.7 Å². The lowest BCUT2D eigenvalue weighted by molar-refractivity contribution is 0.0724. The molecule has 0 aromatic heterocycles. The highest BCUT2D eigenvalue weighted by molar-refractivity contribution is 5.81. The topological polar surface area (TPSA) is 17.1 Å². The molecular weight excluding hydrogens is 388 g/mol. The lowest BCUT2D eigenvalue weighted by atomic mass is 9.62. The molecule has 5 aliphatic carbocycles. The van der Waals surface area contributed by atoms with Gasteiger partial charge in [-0.3, -0.25) is 4.79 Å². The molecule has 1 heteroatoms. The maximum Gasteiger partial charge on any atom is 0.151 e. The smallest absolute Gasteiger partial charge is 0.151 e. The van der Waals surface area contributed by atoms with Crippen molar-refractivity contribution in [1.29, 1.82) is 0 Å². The van der Waals surface area contributed by atoms with Crippen molar-refractivity contribution in [1.82, 2.24) is 0 Å². The predicted octanol–water partition coefficient (Wildman–Crippen LogP) is 6.86. The molecule has 2 bridgehead atoms. The maximum absolute atomic E-state index is 12.0. The SMILES string of the molecule is CC1(C)CC(C)(C)c2cc(C#Cc3cc4c(cc3C=O)C3CC5CC6(CC46)C5C3)ccc21. The van der Waals surface area contributed by atoms with E-state index in [1.807, 2.05) is 0 Å². The number of hydrogen-bond donors (Lipinski definition) is 0. The summed E-state index contributed by atoms with van der Waals surface area (Å²) in [5, 5.41) is 0. The molecule has 2 aromatic carbocycles. The lowest BCUT2D eigenvalue weighted by Gasteiger charge is -2.43. The summed E-state index contributed by atoms with van der Waals surface area (Å²) in [6.45, 7) is 9.39. The van der Waals surface area contributed by atoms with Gasteiger partial charge in [0.15, 0.2) is 6.29 Å². The van der Waals surface area contributed by atoms with E-state index in [9.17, 15) is 4.79 Å². The summed E-state index contributed by atoms with van der Waals surface area (Å²) in [5.41, 5.74) is 9.69. The molecule has 5 unspecified atom stereocenters. The Morgan fingerprint density at radius 2 is 1.72 bits per heavy atom. The Bertz CT molecular complexity index is 1270. The zero-order chi connectivity index (χ0) is 22.0. The van der Waals surface area contributed by atoms with Crippen LogP contribution in [0.15, 0.2) is 30.3 Å². The van der Waals surface area contributed by atoms with Crippen LogP contribution < -0.4 is 0 Å². The van der Waals surface area contributed by atoms with Crippen molar-refractivity contribution < 1.29 is 4.79 Å². The van der Waals surface area contributed by atoms with Crippen LogP contribution in [0.1, 0.15) is 115 Å². The molecule has 7 rings (SSSR count). The Morgan fingerprint density at radius 3 is 2.53 bits per heavy atom. The lowest BCUT2D eigenvalue weighted by Crippen LogP contribution is -2.35. The second-order valence-corrected chi connectivity index (χ2v) is 12.9. The van der Waals surface area contributed by atoms with Crippen molar-refractivity contribution in [3.8, 4) is 11.8 Å². The zero-order valence-electron chi connectivity index (χ0n) is 19.7. The minimum atomic E-state index is 0.175. The van der Waals surface area contributed by atoms with Gasteiger partial charge in [0.2, 0.25) is 0 Å². The van der Waals surface area contributed by atoms with Crippen LogP contribution in [0.5, 0.6) is 0 Å². The first-order chi connectivity index (χ1) is 15.2. The maximum atomic E-state index is 12.0. The quantitative estimate of drug-likeness (QED) is 0.364. The number of aldehydes is 1. The highest BCUT2D eigenvalue weighted by Crippen LogP contribution is 2.81. The molecule has 0 radical (unpaired) electrons. The van der Waals surface area contributed by atoms with Crippen molar-refractivity contribution in [2.75, 3.05) is 0 Å². The van der Waals surface area contributed by atoms with Crippen LogP contribution in [0.3, 0.4) is 0 Å². The van der Waals surface area contributed by atoms with Gasteiger partial charge in [-0.2, -0.15) is 0 Å². The van der Waals surface area contributed by atoms with Crippen molar-refractivity contribution in [3.05, 3.63) is 69.3 Å². The van der Waals surface area contributed by atoms with Gasteiger partial charge in [-0.05, 0) is 119 Å². The average molecular weight is 421 g/mol. The second-order valence-electron chi connectivity index (χ2n) is 12.9. The first-order valence-electron chi connectivity index (χ1n) is 12.5. The van der Waals surface area contributed by atoms with E-state index in [4.69, 9.17) is 0 Å². The fourth-order valence-electron chi connectivity index (χ4n) is 8.88. The highest BCUT2D eigenvalue weighted by atomic mass is 16.1. The van der Waals surface area contributed by atoms with Gasteiger partial charge in [-0.25, -0.2) is 0 Å². The van der Waals surface area contributed by atoms with Crippen molar-refractivity contribution in [2.24, 2.45) is 17.3 Å². The average Bonchev–Trinajstić information content (AvgIpc) is 3.34. The molecule has 2 aromatic rings. The van der Waals surface area contributed by atoms with Crippen LogP contribution in [0.25, 0.3) is 0 Å². The number of carbonyl (C=O) groups is 1. The van der Waals surface area contributed by atoms with E-state index in [1.165, 1.54) is 54.4 Å². The van der Waals surface area contributed by atoms with Crippen molar-refractivity contribution in [2.45, 2.75) is 82.5 Å². The molecule has 3 fully saturated rings. The zero-order valence-corrected chi connectivity index (χ0v) is 19.7. The summed E-state index contributed by atoms with van der Waals surface area (Å²) >= 11 is 0. The Balaban J connectivity index is 1.29. The summed E-state index contributed by atoms with van der Waals surface area (Å²) in [4.78, 5) is 12.0. The number of benzene rings is 2. The monoisotopic (exact) mass is 420 g/mol. The van der Waals surface area contributed by atoms with E-state index < -0.39 is 0 Å². The predicted molar refractivity (Wildman–Crippen MR) is 128 cm³/mol. The summed E-state index contributed by atoms with van der Waals surface area (Å²) in [7, 11) is 0. The molecule has 0 amide bonds. The van der Waals surface area contributed by atoms with E-state index in [2.05, 4.69) is 69.9 Å². The van der Waals surface area contributed by atoms with Crippen molar-refractivity contribution >= 4 is 6.29 Å². The van der Waals surface area contributed by atoms with Crippen LogP contribution in [0, 0.1) is 29.1 Å². The van der Waals surface area contributed by atoms with Crippen LogP contribution in [0.4, 0.5) is 0 Å². The third-order valence-electron chi connectivity index (χ3n) is 10.1. The second kappa shape index (κ2) is 5.77. The first kappa shape index (κ1) is 19.2. The molecular formula is C31H32O. The molecule has 0 saturated heterocycles. The van der Waals surface area contributed by atoms with Gasteiger partial charge >= 0.3 is 0 Å². The molecule has 5 aliphatic rings. The number of fused-ring (bicyclic) bond motifs is 5. The Hall–Kier alpha value is -2.33. The molecule has 1 spiro atoms. The minimum Gasteiger partial charge on any atom is -0.298 e. The van der Waals surface area contributed by atoms with Gasteiger partial charge in [-0.1, -0.05) is 45.6 Å². The highest BCUT2D eigenvalue weighted by Gasteiger charge is 2.71. The molecule has 0 heterocycles. The molecule has 162 valence electrons. The van der Waals surface area contributed by atoms with Crippen molar-refractivity contribution in [3.63, 3.8) is 0 Å². The number of hydrogen-bond acceptors (Lipinski definition) is 1. The summed E-state index contributed by atoms with van der Waals surface area (Å²) in [6, 6.07) is 11.3. The third kappa shape index (κ3) is 2.34. The number of rotatable bonds is 1. The fourth-order valence-corrected chi connectivity index (χ4v) is 8.88. The van der Waals surface area contributed by atoms with E-state index >= 15 is 0 Å². The van der Waals surface area contributed by atoms with Gasteiger partial charge in [0.1, 0.15) is 0 Å².